The molecule has 1 aromatic carbocycles. The summed E-state index contributed by atoms with van der Waals surface area (Å²) in [5, 5.41) is 23.4. The molecular formula is C43H72O10. The number of hydrogen-bond donors (Lipinski definition) is 2. The molecule has 2 aliphatic rings. The fraction of sp³-hybridized carbons (Fsp3) is 0.814. The number of aliphatic hydroxyl groups excluding tert-OH is 2. The maximum Gasteiger partial charge on any atom is 0.335 e. The molecule has 0 aliphatic carbocycles. The van der Waals surface area contributed by atoms with Gasteiger partial charge in [-0.1, -0.05) is 93.4 Å². The Morgan fingerprint density at radius 2 is 1.49 bits per heavy atom. The number of ether oxygens (including phenoxy) is 6. The molecule has 1 aromatic rings. The maximum atomic E-state index is 13.9. The van der Waals surface area contributed by atoms with Gasteiger partial charge in [-0.15, -0.1) is 0 Å². The third-order valence-electron chi connectivity index (χ3n) is 12.5. The van der Waals surface area contributed by atoms with Gasteiger partial charge in [-0.25, -0.2) is 4.79 Å². The Hall–Kier alpha value is -2.08. The number of hydrogen-bond acceptors (Lipinski definition) is 10. The largest absolute Gasteiger partial charge is 0.457 e. The summed E-state index contributed by atoms with van der Waals surface area (Å²) < 4.78 is 37.0. The van der Waals surface area contributed by atoms with Crippen LogP contribution in [0.15, 0.2) is 30.3 Å². The van der Waals surface area contributed by atoms with Gasteiger partial charge in [0, 0.05) is 39.6 Å². The van der Waals surface area contributed by atoms with Crippen molar-refractivity contribution in [1.29, 1.82) is 0 Å². The predicted octanol–water partition coefficient (Wildman–Crippen LogP) is 7.47. The van der Waals surface area contributed by atoms with E-state index in [4.69, 9.17) is 28.4 Å². The number of aliphatic hydroxyl groups is 2. The van der Waals surface area contributed by atoms with Crippen molar-refractivity contribution in [3.63, 3.8) is 0 Å². The van der Waals surface area contributed by atoms with E-state index in [1.54, 1.807) is 26.4 Å². The van der Waals surface area contributed by atoms with Gasteiger partial charge < -0.3 is 38.6 Å². The highest BCUT2D eigenvalue weighted by Gasteiger charge is 2.55. The van der Waals surface area contributed by atoms with Crippen molar-refractivity contribution in [2.75, 3.05) is 21.3 Å². The Kier molecular flexibility index (Phi) is 17.7. The van der Waals surface area contributed by atoms with Crippen molar-refractivity contribution < 1.29 is 48.2 Å². The van der Waals surface area contributed by atoms with Gasteiger partial charge in [0.15, 0.2) is 11.9 Å². The van der Waals surface area contributed by atoms with E-state index in [1.807, 2.05) is 39.0 Å². The van der Waals surface area contributed by atoms with Gasteiger partial charge in [-0.3, -0.25) is 4.79 Å². The number of para-hydroxylation sites is 1. The number of carbonyl (C=O) groups is 2. The van der Waals surface area contributed by atoms with Crippen LogP contribution >= 0.6 is 0 Å². The highest BCUT2D eigenvalue weighted by molar-refractivity contribution is 5.76. The van der Waals surface area contributed by atoms with Crippen molar-refractivity contribution >= 4 is 11.9 Å². The van der Waals surface area contributed by atoms with E-state index in [2.05, 4.69) is 41.5 Å². The number of methoxy groups -OCH3 is 3. The highest BCUT2D eigenvalue weighted by Crippen LogP contribution is 2.46. The first-order valence-corrected chi connectivity index (χ1v) is 20.1. The molecule has 10 heteroatoms. The van der Waals surface area contributed by atoms with Crippen LogP contribution in [0.1, 0.15) is 107 Å². The Balaban J connectivity index is 1.95. The minimum atomic E-state index is -1.34. The number of esters is 2. The minimum absolute atomic E-state index is 0.0468. The first-order valence-electron chi connectivity index (χ1n) is 20.1. The lowest BCUT2D eigenvalue weighted by Gasteiger charge is -2.51. The highest BCUT2D eigenvalue weighted by atomic mass is 16.7. The van der Waals surface area contributed by atoms with Crippen molar-refractivity contribution in [2.45, 2.75) is 150 Å². The zero-order chi connectivity index (χ0) is 39.6. The SMILES string of the molecule is COC1CC(C)CC(C)[C@@H](O)[C@@H](C)CC(C)CCCC(OC)[C@@H]([C@@H](C)[C@@H](O)[C@H](C)[C@@]2(OC)C[C@@H](C(=O)Oc3ccccc3)[C@H](C)[C@@H](C(C)C)O2)OC1=O. The van der Waals surface area contributed by atoms with Crippen molar-refractivity contribution in [1.82, 2.24) is 0 Å². The molecule has 0 spiro atoms. The molecule has 2 fully saturated rings. The molecule has 5 unspecified atom stereocenters. The molecule has 0 bridgehead atoms. The first kappa shape index (κ1) is 45.3. The van der Waals surface area contributed by atoms with Gasteiger partial charge in [0.25, 0.3) is 0 Å². The van der Waals surface area contributed by atoms with E-state index in [-0.39, 0.29) is 48.1 Å². The van der Waals surface area contributed by atoms with E-state index < -0.39 is 60.0 Å². The number of carbonyl (C=O) groups excluding carboxylic acids is 2. The van der Waals surface area contributed by atoms with Gasteiger partial charge in [0.2, 0.25) is 0 Å². The average molecular weight is 749 g/mol. The molecule has 3 rings (SSSR count). The zero-order valence-electron chi connectivity index (χ0n) is 34.7. The summed E-state index contributed by atoms with van der Waals surface area (Å²) in [5.74, 6) is -2.98. The van der Waals surface area contributed by atoms with Gasteiger partial charge in [0.05, 0.1) is 30.3 Å². The summed E-state index contributed by atoms with van der Waals surface area (Å²) >= 11 is 0. The smallest absolute Gasteiger partial charge is 0.335 e. The fourth-order valence-corrected chi connectivity index (χ4v) is 9.14. The Labute approximate surface area is 320 Å². The van der Waals surface area contributed by atoms with Crippen LogP contribution in [-0.4, -0.2) is 85.9 Å². The van der Waals surface area contributed by atoms with Crippen LogP contribution in [0.2, 0.25) is 0 Å². The molecule has 304 valence electrons. The van der Waals surface area contributed by atoms with Crippen molar-refractivity contribution in [3.05, 3.63) is 30.3 Å². The zero-order valence-corrected chi connectivity index (χ0v) is 34.7. The first-order chi connectivity index (χ1) is 25.0. The van der Waals surface area contributed by atoms with Crippen LogP contribution in [0.5, 0.6) is 5.75 Å². The molecule has 15 atom stereocenters. The number of rotatable bonds is 10. The third kappa shape index (κ3) is 11.7. The molecule has 0 aromatic heterocycles. The van der Waals surface area contributed by atoms with Gasteiger partial charge in [0.1, 0.15) is 11.9 Å². The van der Waals surface area contributed by atoms with E-state index in [0.29, 0.717) is 24.5 Å². The molecule has 0 saturated carbocycles. The van der Waals surface area contributed by atoms with Crippen LogP contribution in [0, 0.1) is 53.3 Å². The molecule has 2 saturated heterocycles. The molecule has 53 heavy (non-hydrogen) atoms. The van der Waals surface area contributed by atoms with Gasteiger partial charge in [-0.2, -0.15) is 0 Å². The van der Waals surface area contributed by atoms with Crippen LogP contribution in [0.25, 0.3) is 0 Å². The third-order valence-corrected chi connectivity index (χ3v) is 12.5. The number of cyclic esters (lactones) is 1. The Bertz CT molecular complexity index is 1240. The molecule has 10 nitrogen and oxygen atoms in total. The minimum Gasteiger partial charge on any atom is -0.457 e. The van der Waals surface area contributed by atoms with E-state index >= 15 is 0 Å². The van der Waals surface area contributed by atoms with Gasteiger partial charge >= 0.3 is 11.9 Å². The quantitative estimate of drug-likeness (QED) is 0.184. The van der Waals surface area contributed by atoms with Crippen LogP contribution in [0.4, 0.5) is 0 Å². The molecule has 0 amide bonds. The summed E-state index contributed by atoms with van der Waals surface area (Å²) in [7, 11) is 4.68. The Morgan fingerprint density at radius 3 is 2.06 bits per heavy atom. The van der Waals surface area contributed by atoms with Gasteiger partial charge in [-0.05, 0) is 73.3 Å². The van der Waals surface area contributed by atoms with Crippen molar-refractivity contribution in [2.24, 2.45) is 53.3 Å². The lowest BCUT2D eigenvalue weighted by molar-refractivity contribution is -0.332. The second kappa shape index (κ2) is 20.7. The monoisotopic (exact) mass is 749 g/mol. The van der Waals surface area contributed by atoms with E-state index in [9.17, 15) is 19.8 Å². The fourth-order valence-electron chi connectivity index (χ4n) is 9.14. The molecule has 2 aliphatic heterocycles. The summed E-state index contributed by atoms with van der Waals surface area (Å²) in [5.41, 5.74) is 0. The molecular weight excluding hydrogens is 676 g/mol. The molecule has 2 heterocycles. The van der Waals surface area contributed by atoms with Crippen LogP contribution < -0.4 is 4.74 Å². The number of benzene rings is 1. The van der Waals surface area contributed by atoms with Crippen LogP contribution in [-0.2, 0) is 33.3 Å². The van der Waals surface area contributed by atoms with E-state index in [0.717, 1.165) is 25.7 Å². The lowest BCUT2D eigenvalue weighted by Crippen LogP contribution is -2.60. The summed E-state index contributed by atoms with van der Waals surface area (Å²) in [4.78, 5) is 27.7. The Morgan fingerprint density at radius 1 is 0.868 bits per heavy atom. The second-order valence-electron chi connectivity index (χ2n) is 17.1. The normalized spacial score (nSPS) is 37.3. The van der Waals surface area contributed by atoms with Crippen LogP contribution in [0.3, 0.4) is 0 Å². The van der Waals surface area contributed by atoms with Crippen molar-refractivity contribution in [3.8, 4) is 5.75 Å². The topological polar surface area (TPSA) is 130 Å². The lowest BCUT2D eigenvalue weighted by atomic mass is 9.72. The summed E-state index contributed by atoms with van der Waals surface area (Å²) in [6.45, 7) is 18.3. The maximum absolute atomic E-state index is 13.9. The standard InChI is InChI=1S/C43H72O10/c1-25(2)39-30(7)34(41(46)51-33-18-14-13-15-19-33)24-43(50-12,53-39)32(9)38(45)31(8)40-35(48-10)20-16-17-26(3)21-28(5)37(44)29(6)22-27(4)23-36(49-11)42(47)52-40/h13-15,18-19,25-32,34-40,44-45H,16-17,20-24H2,1-12H3/t26?,27?,28-,29?,30-,31-,32-,34+,35?,36?,37-,38+,39+,40+,43+/m0/s1. The average Bonchev–Trinajstić information content (AvgIpc) is 3.13. The predicted molar refractivity (Wildman–Crippen MR) is 205 cm³/mol. The van der Waals surface area contributed by atoms with E-state index in [1.165, 1.54) is 7.11 Å². The summed E-state index contributed by atoms with van der Waals surface area (Å²) in [6, 6.07) is 9.02. The summed E-state index contributed by atoms with van der Waals surface area (Å²) in [6.07, 6.45) is 0.638. The molecule has 0 radical (unpaired) electrons. The second-order valence-corrected chi connectivity index (χ2v) is 17.1. The molecule has 2 N–H and O–H groups in total.